The first-order chi connectivity index (χ1) is 12.8. The third kappa shape index (κ3) is 7.93. The van der Waals surface area contributed by atoms with Gasteiger partial charge < -0.3 is 0 Å². The highest BCUT2D eigenvalue weighted by atomic mass is 15.0. The van der Waals surface area contributed by atoms with Crippen LogP contribution >= 0.6 is 0 Å². The minimum absolute atomic E-state index is 1.14. The highest BCUT2D eigenvalue weighted by Crippen LogP contribution is 2.13. The van der Waals surface area contributed by atoms with E-state index in [1.54, 1.807) is 0 Å². The number of benzene rings is 1. The second-order valence-electron chi connectivity index (χ2n) is 8.08. The molecule has 0 aliphatic rings. The molecule has 146 valence electrons. The number of hydrogen-bond donors (Lipinski definition) is 1. The smallest absolute Gasteiger partial charge is 0.242 e. The molecule has 1 aromatic carbocycles. The van der Waals surface area contributed by atoms with Gasteiger partial charge in [-0.1, -0.05) is 90.0 Å². The minimum Gasteiger partial charge on any atom is -0.243 e. The average Bonchev–Trinajstić information content (AvgIpc) is 3.04. The van der Waals surface area contributed by atoms with Crippen molar-refractivity contribution in [3.63, 3.8) is 0 Å². The van der Waals surface area contributed by atoms with Crippen LogP contribution in [0.1, 0.15) is 102 Å². The molecule has 0 aliphatic carbocycles. The fraction of sp³-hybridized carbons (Fsp3) is 0.708. The maximum atomic E-state index is 3.39. The molecule has 2 nitrogen and oxygen atoms in total. The molecule has 2 rings (SSSR count). The van der Waals surface area contributed by atoms with Gasteiger partial charge in [-0.3, -0.25) is 0 Å². The first kappa shape index (κ1) is 21.0. The minimum atomic E-state index is 1.14. The number of hydrogen-bond acceptors (Lipinski definition) is 0. The Morgan fingerprint density at radius 1 is 0.731 bits per heavy atom. The molecular formula is C24H41N2+. The molecular weight excluding hydrogens is 316 g/mol. The molecule has 1 aromatic heterocycles. The Hall–Kier alpha value is -1.31. The van der Waals surface area contributed by atoms with Gasteiger partial charge in [0.15, 0.2) is 11.0 Å². The van der Waals surface area contributed by atoms with Crippen LogP contribution in [-0.2, 0) is 6.54 Å². The lowest BCUT2D eigenvalue weighted by molar-refractivity contribution is -0.671. The van der Waals surface area contributed by atoms with Crippen LogP contribution < -0.4 is 4.57 Å². The van der Waals surface area contributed by atoms with Gasteiger partial charge in [0, 0.05) is 0 Å². The van der Waals surface area contributed by atoms with E-state index in [2.05, 4.69) is 47.9 Å². The second kappa shape index (κ2) is 12.9. The summed E-state index contributed by atoms with van der Waals surface area (Å²) in [5.74, 6) is 0. The van der Waals surface area contributed by atoms with Gasteiger partial charge in [-0.25, -0.2) is 9.55 Å². The average molecular weight is 358 g/mol. The van der Waals surface area contributed by atoms with Gasteiger partial charge in [0.05, 0.1) is 6.54 Å². The van der Waals surface area contributed by atoms with Crippen LogP contribution in [0, 0.1) is 6.92 Å². The molecule has 0 spiro atoms. The topological polar surface area (TPSA) is 19.7 Å². The number of fused-ring (bicyclic) bond motifs is 1. The van der Waals surface area contributed by atoms with E-state index in [-0.39, 0.29) is 0 Å². The number of nitrogens with one attached hydrogen (secondary N) is 1. The Morgan fingerprint density at radius 2 is 1.27 bits per heavy atom. The zero-order valence-corrected chi connectivity index (χ0v) is 17.4. The first-order valence-corrected chi connectivity index (χ1v) is 11.3. The first-order valence-electron chi connectivity index (χ1n) is 11.3. The van der Waals surface area contributed by atoms with Crippen molar-refractivity contribution < 1.29 is 4.57 Å². The lowest BCUT2D eigenvalue weighted by Crippen LogP contribution is -2.31. The molecule has 1 heterocycles. The molecule has 0 aliphatic heterocycles. The van der Waals surface area contributed by atoms with E-state index in [0.717, 1.165) is 6.54 Å². The number of unbranched alkanes of at least 4 members (excludes halogenated alkanes) is 13. The summed E-state index contributed by atoms with van der Waals surface area (Å²) < 4.78 is 2.37. The van der Waals surface area contributed by atoms with Crippen LogP contribution in [-0.4, -0.2) is 4.98 Å². The number of imidazole rings is 1. The Bertz CT molecular complexity index is 599. The maximum absolute atomic E-state index is 3.39. The molecule has 2 aromatic rings. The maximum Gasteiger partial charge on any atom is 0.242 e. The van der Waals surface area contributed by atoms with Crippen molar-refractivity contribution in [1.82, 2.24) is 4.98 Å². The second-order valence-corrected chi connectivity index (χ2v) is 8.08. The largest absolute Gasteiger partial charge is 0.243 e. The summed E-state index contributed by atoms with van der Waals surface area (Å²) in [5.41, 5.74) is 3.92. The van der Waals surface area contributed by atoms with E-state index in [9.17, 15) is 0 Å². The van der Waals surface area contributed by atoms with Gasteiger partial charge in [0.2, 0.25) is 6.33 Å². The van der Waals surface area contributed by atoms with Gasteiger partial charge in [-0.15, -0.1) is 0 Å². The molecule has 0 amide bonds. The van der Waals surface area contributed by atoms with E-state index in [1.807, 2.05) is 0 Å². The summed E-state index contributed by atoms with van der Waals surface area (Å²) in [6.07, 6.45) is 22.1. The fourth-order valence-electron chi connectivity index (χ4n) is 3.89. The molecule has 0 bridgehead atoms. The van der Waals surface area contributed by atoms with Crippen molar-refractivity contribution in [3.8, 4) is 0 Å². The van der Waals surface area contributed by atoms with Crippen molar-refractivity contribution in [2.24, 2.45) is 0 Å². The zero-order chi connectivity index (χ0) is 18.5. The quantitative estimate of drug-likeness (QED) is 0.256. The van der Waals surface area contributed by atoms with E-state index < -0.39 is 0 Å². The number of rotatable bonds is 15. The van der Waals surface area contributed by atoms with Crippen molar-refractivity contribution in [2.45, 2.75) is 110 Å². The molecule has 26 heavy (non-hydrogen) atoms. The number of H-pyrrole nitrogens is 1. The van der Waals surface area contributed by atoms with Gasteiger partial charge in [0.25, 0.3) is 0 Å². The number of nitrogens with zero attached hydrogens (tertiary/aromatic N) is 1. The van der Waals surface area contributed by atoms with E-state index in [1.165, 1.54) is 106 Å². The standard InChI is InChI=1S/C24H40N2/c1-3-4-5-6-7-8-9-10-11-12-13-14-15-16-19-26-21-25-23-20-22(2)17-18-24(23)26/h17-18,20-21H,3-16,19H2,1-2H3/p+1. The van der Waals surface area contributed by atoms with Crippen molar-refractivity contribution in [3.05, 3.63) is 30.1 Å². The summed E-state index contributed by atoms with van der Waals surface area (Å²) in [7, 11) is 0. The number of aryl methyl sites for hydroxylation is 2. The van der Waals surface area contributed by atoms with Crippen molar-refractivity contribution in [1.29, 1.82) is 0 Å². The van der Waals surface area contributed by atoms with Crippen LogP contribution in [0.4, 0.5) is 0 Å². The Kier molecular flexibility index (Phi) is 10.5. The molecule has 0 unspecified atom stereocenters. The molecule has 0 atom stereocenters. The summed E-state index contributed by atoms with van der Waals surface area (Å²) >= 11 is 0. The van der Waals surface area contributed by atoms with Gasteiger partial charge in [0.1, 0.15) is 0 Å². The van der Waals surface area contributed by atoms with Crippen LogP contribution in [0.2, 0.25) is 0 Å². The van der Waals surface area contributed by atoms with Crippen molar-refractivity contribution in [2.75, 3.05) is 0 Å². The molecule has 0 fully saturated rings. The Labute approximate surface area is 161 Å². The van der Waals surface area contributed by atoms with Crippen LogP contribution in [0.15, 0.2) is 24.5 Å². The lowest BCUT2D eigenvalue weighted by Gasteiger charge is -2.03. The summed E-state index contributed by atoms with van der Waals surface area (Å²) in [4.78, 5) is 3.39. The molecule has 0 saturated carbocycles. The monoisotopic (exact) mass is 357 g/mol. The highest BCUT2D eigenvalue weighted by Gasteiger charge is 2.08. The highest BCUT2D eigenvalue weighted by molar-refractivity contribution is 5.71. The van der Waals surface area contributed by atoms with E-state index in [0.29, 0.717) is 0 Å². The third-order valence-corrected chi connectivity index (χ3v) is 5.59. The summed E-state index contributed by atoms with van der Waals surface area (Å²) in [5, 5.41) is 0. The fourth-order valence-corrected chi connectivity index (χ4v) is 3.89. The van der Waals surface area contributed by atoms with Gasteiger partial charge in [-0.2, -0.15) is 0 Å². The third-order valence-electron chi connectivity index (χ3n) is 5.59. The van der Waals surface area contributed by atoms with E-state index >= 15 is 0 Å². The summed E-state index contributed by atoms with van der Waals surface area (Å²) in [6.45, 7) is 5.58. The number of aromatic nitrogens is 2. The van der Waals surface area contributed by atoms with Crippen LogP contribution in [0.3, 0.4) is 0 Å². The predicted molar refractivity (Wildman–Crippen MR) is 114 cm³/mol. The molecule has 1 N–H and O–H groups in total. The van der Waals surface area contributed by atoms with E-state index in [4.69, 9.17) is 0 Å². The SMILES string of the molecule is CCCCCCCCCCCCCCCC[n+]1c[nH]c2cc(C)ccc21. The normalized spacial score (nSPS) is 11.5. The van der Waals surface area contributed by atoms with Crippen LogP contribution in [0.25, 0.3) is 11.0 Å². The Balaban J connectivity index is 1.41. The van der Waals surface area contributed by atoms with Gasteiger partial charge >= 0.3 is 0 Å². The molecule has 0 saturated heterocycles. The molecule has 2 heteroatoms. The number of aromatic amines is 1. The lowest BCUT2D eigenvalue weighted by atomic mass is 10.0. The summed E-state index contributed by atoms with van der Waals surface area (Å²) in [6, 6.07) is 6.68. The Morgan fingerprint density at radius 3 is 1.85 bits per heavy atom. The molecule has 0 radical (unpaired) electrons. The van der Waals surface area contributed by atoms with Crippen molar-refractivity contribution >= 4 is 11.0 Å². The zero-order valence-electron chi connectivity index (χ0n) is 17.4. The predicted octanol–water partition coefficient (Wildman–Crippen LogP) is 7.25. The van der Waals surface area contributed by atoms with Gasteiger partial charge in [-0.05, 0) is 37.5 Å². The van der Waals surface area contributed by atoms with Crippen LogP contribution in [0.5, 0.6) is 0 Å².